The Bertz CT molecular complexity index is 918. The van der Waals surface area contributed by atoms with E-state index < -0.39 is 0 Å². The van der Waals surface area contributed by atoms with Crippen LogP contribution in [0.15, 0.2) is 52.1 Å². The van der Waals surface area contributed by atoms with Gasteiger partial charge in [-0.25, -0.2) is 0 Å². The predicted molar refractivity (Wildman–Crippen MR) is 110 cm³/mol. The van der Waals surface area contributed by atoms with Gasteiger partial charge in [-0.2, -0.15) is 0 Å². The van der Waals surface area contributed by atoms with E-state index in [4.69, 9.17) is 9.15 Å². The molecule has 3 aromatic rings. The van der Waals surface area contributed by atoms with E-state index in [1.165, 1.54) is 11.8 Å². The van der Waals surface area contributed by atoms with E-state index in [0.29, 0.717) is 17.7 Å². The molecule has 0 atom stereocenters. The van der Waals surface area contributed by atoms with E-state index >= 15 is 0 Å². The van der Waals surface area contributed by atoms with Crippen LogP contribution in [0.5, 0.6) is 5.75 Å². The van der Waals surface area contributed by atoms with Gasteiger partial charge in [-0.3, -0.25) is 4.79 Å². The lowest BCUT2D eigenvalue weighted by atomic mass is 10.1. The number of amides is 1. The Kier molecular flexibility index (Phi) is 6.71. The number of aryl methyl sites for hydroxylation is 2. The van der Waals surface area contributed by atoms with Crippen molar-refractivity contribution in [2.45, 2.75) is 25.5 Å². The Labute approximate surface area is 168 Å². The molecule has 1 N–H and O–H groups in total. The topological polar surface area (TPSA) is 77.2 Å². The highest BCUT2D eigenvalue weighted by atomic mass is 32.2. The van der Waals surface area contributed by atoms with Crippen molar-refractivity contribution in [3.05, 3.63) is 59.2 Å². The second-order valence-electron chi connectivity index (χ2n) is 6.49. The van der Waals surface area contributed by atoms with Gasteiger partial charge in [0.15, 0.2) is 0 Å². The van der Waals surface area contributed by atoms with E-state index in [2.05, 4.69) is 21.6 Å². The van der Waals surface area contributed by atoms with Gasteiger partial charge in [0.1, 0.15) is 5.75 Å². The number of hydrogen-bond acceptors (Lipinski definition) is 6. The molecule has 0 aliphatic heterocycles. The van der Waals surface area contributed by atoms with Crippen molar-refractivity contribution in [2.75, 3.05) is 19.4 Å². The van der Waals surface area contributed by atoms with Gasteiger partial charge in [0, 0.05) is 12.1 Å². The van der Waals surface area contributed by atoms with Crippen LogP contribution in [0.1, 0.15) is 16.7 Å². The quantitative estimate of drug-likeness (QED) is 0.583. The number of rotatable bonds is 8. The number of methoxy groups -OCH3 is 1. The molecule has 0 bridgehead atoms. The maximum absolute atomic E-state index is 12.0. The molecule has 1 heterocycles. The summed E-state index contributed by atoms with van der Waals surface area (Å²) in [6, 6.07) is 13.9. The maximum atomic E-state index is 12.0. The smallest absolute Gasteiger partial charge is 0.277 e. The largest absolute Gasteiger partial charge is 0.497 e. The molecule has 146 valence electrons. The van der Waals surface area contributed by atoms with Crippen LogP contribution in [0.3, 0.4) is 0 Å². The van der Waals surface area contributed by atoms with E-state index in [1.807, 2.05) is 50.2 Å². The number of nitrogens with zero attached hydrogens (tertiary/aromatic N) is 2. The van der Waals surface area contributed by atoms with E-state index in [-0.39, 0.29) is 11.7 Å². The molecule has 0 radical (unpaired) electrons. The molecule has 1 amide bonds. The average molecular weight is 398 g/mol. The number of carbonyl (C=O) groups excluding carboxylic acids is 1. The lowest BCUT2D eigenvalue weighted by Gasteiger charge is -2.05. The standard InChI is InChI=1S/C21H23N3O3S/c1-14-10-15(2)12-17(11-14)20-23-24-21(27-20)28-13-19(25)22-9-8-16-4-6-18(26-3)7-5-16/h4-7,10-12H,8-9,13H2,1-3H3,(H,22,25). The van der Waals surface area contributed by atoms with Crippen LogP contribution in [-0.2, 0) is 11.2 Å². The number of carbonyl (C=O) groups is 1. The summed E-state index contributed by atoms with van der Waals surface area (Å²) in [6.45, 7) is 4.63. The van der Waals surface area contributed by atoms with Crippen molar-refractivity contribution in [3.63, 3.8) is 0 Å². The predicted octanol–water partition coefficient (Wildman–Crippen LogP) is 3.81. The number of hydrogen-bond donors (Lipinski definition) is 1. The first-order valence-electron chi connectivity index (χ1n) is 8.98. The summed E-state index contributed by atoms with van der Waals surface area (Å²) in [5.41, 5.74) is 4.31. The first-order valence-corrected chi connectivity index (χ1v) is 9.96. The van der Waals surface area contributed by atoms with Crippen molar-refractivity contribution >= 4 is 17.7 Å². The second-order valence-corrected chi connectivity index (χ2v) is 7.41. The van der Waals surface area contributed by atoms with Gasteiger partial charge in [-0.05, 0) is 50.1 Å². The number of aromatic nitrogens is 2. The normalized spacial score (nSPS) is 10.7. The molecule has 7 heteroatoms. The van der Waals surface area contributed by atoms with Gasteiger partial charge in [-0.1, -0.05) is 41.1 Å². The van der Waals surface area contributed by atoms with Crippen molar-refractivity contribution < 1.29 is 13.9 Å². The fourth-order valence-electron chi connectivity index (χ4n) is 2.80. The molecule has 0 unspecified atom stereocenters. The molecule has 1 aromatic heterocycles. The SMILES string of the molecule is COc1ccc(CCNC(=O)CSc2nnc(-c3cc(C)cc(C)c3)o2)cc1. The van der Waals surface area contributed by atoms with E-state index in [9.17, 15) is 4.79 Å². The highest BCUT2D eigenvalue weighted by Crippen LogP contribution is 2.24. The average Bonchev–Trinajstić information content (AvgIpc) is 3.15. The van der Waals surface area contributed by atoms with Crippen molar-refractivity contribution in [3.8, 4) is 17.2 Å². The Morgan fingerprint density at radius 3 is 2.50 bits per heavy atom. The maximum Gasteiger partial charge on any atom is 0.277 e. The third-order valence-corrected chi connectivity index (χ3v) is 4.92. The minimum atomic E-state index is -0.0651. The van der Waals surface area contributed by atoms with Crippen LogP contribution >= 0.6 is 11.8 Å². The first-order chi connectivity index (χ1) is 13.5. The third-order valence-electron chi connectivity index (χ3n) is 4.10. The molecule has 0 aliphatic rings. The Hall–Kier alpha value is -2.80. The van der Waals surface area contributed by atoms with Gasteiger partial charge in [0.2, 0.25) is 11.8 Å². The molecular weight excluding hydrogens is 374 g/mol. The molecule has 0 aliphatic carbocycles. The summed E-state index contributed by atoms with van der Waals surface area (Å²) in [5, 5.41) is 11.4. The minimum Gasteiger partial charge on any atom is -0.497 e. The second kappa shape index (κ2) is 9.41. The summed E-state index contributed by atoms with van der Waals surface area (Å²) < 4.78 is 10.8. The van der Waals surface area contributed by atoms with Gasteiger partial charge in [-0.15, -0.1) is 10.2 Å². The van der Waals surface area contributed by atoms with Gasteiger partial charge in [0.25, 0.3) is 5.22 Å². The number of thioether (sulfide) groups is 1. The van der Waals surface area contributed by atoms with Crippen LogP contribution in [0.2, 0.25) is 0 Å². The molecular formula is C21H23N3O3S. The highest BCUT2D eigenvalue weighted by molar-refractivity contribution is 7.99. The molecule has 2 aromatic carbocycles. The monoisotopic (exact) mass is 397 g/mol. The summed E-state index contributed by atoms with van der Waals surface area (Å²) in [7, 11) is 1.64. The van der Waals surface area contributed by atoms with Crippen LogP contribution in [0.4, 0.5) is 0 Å². The Morgan fingerprint density at radius 2 is 1.82 bits per heavy atom. The number of ether oxygens (including phenoxy) is 1. The Balaban J connectivity index is 1.45. The van der Waals surface area contributed by atoms with Crippen molar-refractivity contribution in [1.29, 1.82) is 0 Å². The molecule has 3 rings (SSSR count). The zero-order chi connectivity index (χ0) is 19.9. The van der Waals surface area contributed by atoms with Crippen LogP contribution < -0.4 is 10.1 Å². The van der Waals surface area contributed by atoms with Gasteiger partial charge in [0.05, 0.1) is 12.9 Å². The van der Waals surface area contributed by atoms with Crippen LogP contribution in [-0.4, -0.2) is 35.5 Å². The Morgan fingerprint density at radius 1 is 1.11 bits per heavy atom. The minimum absolute atomic E-state index is 0.0651. The summed E-state index contributed by atoms with van der Waals surface area (Å²) in [4.78, 5) is 12.0. The zero-order valence-electron chi connectivity index (χ0n) is 16.2. The van der Waals surface area contributed by atoms with Crippen LogP contribution in [0.25, 0.3) is 11.5 Å². The number of nitrogens with one attached hydrogen (secondary N) is 1. The molecule has 0 spiro atoms. The highest BCUT2D eigenvalue weighted by Gasteiger charge is 2.12. The van der Waals surface area contributed by atoms with E-state index in [1.54, 1.807) is 7.11 Å². The zero-order valence-corrected chi connectivity index (χ0v) is 17.0. The third kappa shape index (κ3) is 5.60. The fourth-order valence-corrected chi connectivity index (χ4v) is 3.39. The summed E-state index contributed by atoms with van der Waals surface area (Å²) >= 11 is 1.23. The lowest BCUT2D eigenvalue weighted by Crippen LogP contribution is -2.27. The lowest BCUT2D eigenvalue weighted by molar-refractivity contribution is -0.118. The van der Waals surface area contributed by atoms with Crippen LogP contribution in [0, 0.1) is 13.8 Å². The number of benzene rings is 2. The fraction of sp³-hybridized carbons (Fsp3) is 0.286. The molecule has 28 heavy (non-hydrogen) atoms. The van der Waals surface area contributed by atoms with Crippen molar-refractivity contribution in [1.82, 2.24) is 15.5 Å². The van der Waals surface area contributed by atoms with E-state index in [0.717, 1.165) is 34.4 Å². The molecule has 0 saturated heterocycles. The van der Waals surface area contributed by atoms with Gasteiger partial charge < -0.3 is 14.5 Å². The van der Waals surface area contributed by atoms with Crippen molar-refractivity contribution in [2.24, 2.45) is 0 Å². The molecule has 6 nitrogen and oxygen atoms in total. The molecule has 0 fully saturated rings. The van der Waals surface area contributed by atoms with Gasteiger partial charge >= 0.3 is 0 Å². The first kappa shape index (κ1) is 19.9. The molecule has 0 saturated carbocycles. The summed E-state index contributed by atoms with van der Waals surface area (Å²) in [6.07, 6.45) is 0.762. The summed E-state index contributed by atoms with van der Waals surface area (Å²) in [5.74, 6) is 1.46.